The Balaban J connectivity index is 2.05. The molecule has 0 amide bonds. The van der Waals surface area contributed by atoms with Crippen molar-refractivity contribution in [3.05, 3.63) is 47.3 Å². The molecule has 0 spiro atoms. The second kappa shape index (κ2) is 4.58. The normalized spacial score (nSPS) is 19.3. The van der Waals surface area contributed by atoms with Crippen LogP contribution in [0.2, 0.25) is 0 Å². The molecule has 94 valence electrons. The molecule has 3 heteroatoms. The summed E-state index contributed by atoms with van der Waals surface area (Å²) in [7, 11) is 0. The molecule has 1 N–H and O–H groups in total. The van der Waals surface area contributed by atoms with E-state index in [-0.39, 0.29) is 0 Å². The van der Waals surface area contributed by atoms with E-state index >= 15 is 0 Å². The van der Waals surface area contributed by atoms with Crippen LogP contribution in [0.4, 0.5) is 0 Å². The van der Waals surface area contributed by atoms with Crippen LogP contribution in [0, 0.1) is 13.8 Å². The van der Waals surface area contributed by atoms with E-state index in [0.29, 0.717) is 5.92 Å². The number of nitrogens with zero attached hydrogens (tertiary/aromatic N) is 2. The van der Waals surface area contributed by atoms with Gasteiger partial charge in [0.15, 0.2) is 0 Å². The lowest BCUT2D eigenvalue weighted by Gasteiger charge is -2.10. The highest BCUT2D eigenvalue weighted by atomic mass is 15.3. The number of hydrogen-bond acceptors (Lipinski definition) is 2. The van der Waals surface area contributed by atoms with E-state index in [1.54, 1.807) is 0 Å². The SMILES string of the molecule is Cc1nn(-c2ccccc2)c(C)c1C1CCNC1. The van der Waals surface area contributed by atoms with Gasteiger partial charge in [-0.25, -0.2) is 4.68 Å². The van der Waals surface area contributed by atoms with Gasteiger partial charge in [-0.05, 0) is 38.9 Å². The quantitative estimate of drug-likeness (QED) is 0.875. The molecule has 3 nitrogen and oxygen atoms in total. The minimum Gasteiger partial charge on any atom is -0.316 e. The van der Waals surface area contributed by atoms with Crippen molar-refractivity contribution >= 4 is 0 Å². The minimum absolute atomic E-state index is 0.627. The first kappa shape index (κ1) is 11.5. The van der Waals surface area contributed by atoms with Gasteiger partial charge in [-0.15, -0.1) is 0 Å². The summed E-state index contributed by atoms with van der Waals surface area (Å²) in [5.41, 5.74) is 5.04. The van der Waals surface area contributed by atoms with Crippen molar-refractivity contribution in [1.82, 2.24) is 15.1 Å². The third kappa shape index (κ3) is 1.85. The topological polar surface area (TPSA) is 29.9 Å². The molecular formula is C15H19N3. The lowest BCUT2D eigenvalue weighted by Crippen LogP contribution is -2.09. The second-order valence-corrected chi connectivity index (χ2v) is 5.02. The van der Waals surface area contributed by atoms with Crippen LogP contribution in [0.5, 0.6) is 0 Å². The molecule has 0 radical (unpaired) electrons. The molecular weight excluding hydrogens is 222 g/mol. The predicted molar refractivity (Wildman–Crippen MR) is 73.3 cm³/mol. The maximum Gasteiger partial charge on any atom is 0.0648 e. The highest BCUT2D eigenvalue weighted by Gasteiger charge is 2.24. The third-order valence-corrected chi connectivity index (χ3v) is 3.82. The number of benzene rings is 1. The Bertz CT molecular complexity index is 536. The number of para-hydroxylation sites is 1. The van der Waals surface area contributed by atoms with Gasteiger partial charge in [-0.2, -0.15) is 5.10 Å². The van der Waals surface area contributed by atoms with Crippen LogP contribution in [0.25, 0.3) is 5.69 Å². The number of hydrogen-bond donors (Lipinski definition) is 1. The molecule has 2 heterocycles. The predicted octanol–water partition coefficient (Wildman–Crippen LogP) is 2.57. The van der Waals surface area contributed by atoms with Crippen molar-refractivity contribution in [2.24, 2.45) is 0 Å². The smallest absolute Gasteiger partial charge is 0.0648 e. The molecule has 2 aromatic rings. The van der Waals surface area contributed by atoms with Crippen molar-refractivity contribution < 1.29 is 0 Å². The lowest BCUT2D eigenvalue weighted by molar-refractivity contribution is 0.749. The van der Waals surface area contributed by atoms with E-state index in [0.717, 1.165) is 18.8 Å². The van der Waals surface area contributed by atoms with Crippen molar-refractivity contribution in [2.75, 3.05) is 13.1 Å². The molecule has 0 bridgehead atoms. The Morgan fingerprint density at radius 2 is 2.00 bits per heavy atom. The minimum atomic E-state index is 0.627. The van der Waals surface area contributed by atoms with Gasteiger partial charge in [0, 0.05) is 23.7 Å². The largest absolute Gasteiger partial charge is 0.316 e. The molecule has 3 rings (SSSR count). The van der Waals surface area contributed by atoms with Crippen LogP contribution in [0.3, 0.4) is 0 Å². The van der Waals surface area contributed by atoms with Crippen LogP contribution in [0.1, 0.15) is 29.3 Å². The molecule has 1 atom stereocenters. The molecule has 1 fully saturated rings. The highest BCUT2D eigenvalue weighted by molar-refractivity contribution is 5.38. The first-order valence-electron chi connectivity index (χ1n) is 6.59. The fraction of sp³-hybridized carbons (Fsp3) is 0.400. The molecule has 1 saturated heterocycles. The van der Waals surface area contributed by atoms with E-state index in [1.165, 1.54) is 23.4 Å². The molecule has 0 saturated carbocycles. The maximum atomic E-state index is 4.71. The Labute approximate surface area is 108 Å². The molecule has 1 aromatic heterocycles. The molecule has 0 aliphatic carbocycles. The number of aryl methyl sites for hydroxylation is 1. The fourth-order valence-corrected chi connectivity index (χ4v) is 2.97. The summed E-state index contributed by atoms with van der Waals surface area (Å²) in [6.07, 6.45) is 1.22. The van der Waals surface area contributed by atoms with E-state index < -0.39 is 0 Å². The zero-order valence-electron chi connectivity index (χ0n) is 11.0. The number of rotatable bonds is 2. The fourth-order valence-electron chi connectivity index (χ4n) is 2.97. The third-order valence-electron chi connectivity index (χ3n) is 3.82. The van der Waals surface area contributed by atoms with Crippen LogP contribution >= 0.6 is 0 Å². The Hall–Kier alpha value is -1.61. The number of aromatic nitrogens is 2. The van der Waals surface area contributed by atoms with E-state index in [4.69, 9.17) is 5.10 Å². The molecule has 18 heavy (non-hydrogen) atoms. The van der Waals surface area contributed by atoms with Crippen molar-refractivity contribution in [1.29, 1.82) is 0 Å². The Morgan fingerprint density at radius 3 is 2.67 bits per heavy atom. The average molecular weight is 241 g/mol. The lowest BCUT2D eigenvalue weighted by atomic mass is 9.96. The zero-order valence-corrected chi connectivity index (χ0v) is 11.0. The Kier molecular flexibility index (Phi) is 2.92. The van der Waals surface area contributed by atoms with Gasteiger partial charge in [0.2, 0.25) is 0 Å². The standard InChI is InChI=1S/C15H19N3/c1-11-15(13-8-9-16-10-13)12(2)18(17-11)14-6-4-3-5-7-14/h3-7,13,16H,8-10H2,1-2H3. The van der Waals surface area contributed by atoms with Crippen LogP contribution in [0.15, 0.2) is 30.3 Å². The highest BCUT2D eigenvalue weighted by Crippen LogP contribution is 2.29. The maximum absolute atomic E-state index is 4.71. The van der Waals surface area contributed by atoms with Crippen LogP contribution in [-0.2, 0) is 0 Å². The summed E-state index contributed by atoms with van der Waals surface area (Å²) in [6, 6.07) is 10.4. The van der Waals surface area contributed by atoms with Crippen molar-refractivity contribution in [3.63, 3.8) is 0 Å². The number of nitrogens with one attached hydrogen (secondary N) is 1. The summed E-state index contributed by atoms with van der Waals surface area (Å²) in [6.45, 7) is 6.52. The average Bonchev–Trinajstić information content (AvgIpc) is 2.99. The molecule has 1 unspecified atom stereocenters. The Morgan fingerprint density at radius 1 is 1.22 bits per heavy atom. The first-order chi connectivity index (χ1) is 8.77. The summed E-state index contributed by atoms with van der Waals surface area (Å²) in [5, 5.41) is 8.15. The van der Waals surface area contributed by atoms with Crippen LogP contribution < -0.4 is 5.32 Å². The van der Waals surface area contributed by atoms with Gasteiger partial charge in [-0.1, -0.05) is 18.2 Å². The summed E-state index contributed by atoms with van der Waals surface area (Å²) in [5.74, 6) is 0.627. The zero-order chi connectivity index (χ0) is 12.5. The van der Waals surface area contributed by atoms with Gasteiger partial charge in [0.1, 0.15) is 0 Å². The molecule has 1 aliphatic heterocycles. The van der Waals surface area contributed by atoms with Crippen molar-refractivity contribution in [2.45, 2.75) is 26.2 Å². The second-order valence-electron chi connectivity index (χ2n) is 5.02. The monoisotopic (exact) mass is 241 g/mol. The van der Waals surface area contributed by atoms with Gasteiger partial charge < -0.3 is 5.32 Å². The van der Waals surface area contributed by atoms with E-state index in [9.17, 15) is 0 Å². The van der Waals surface area contributed by atoms with Crippen molar-refractivity contribution in [3.8, 4) is 5.69 Å². The van der Waals surface area contributed by atoms with Gasteiger partial charge in [0.25, 0.3) is 0 Å². The summed E-state index contributed by atoms with van der Waals surface area (Å²) >= 11 is 0. The summed E-state index contributed by atoms with van der Waals surface area (Å²) in [4.78, 5) is 0. The van der Waals surface area contributed by atoms with Gasteiger partial charge >= 0.3 is 0 Å². The van der Waals surface area contributed by atoms with Crippen LogP contribution in [-0.4, -0.2) is 22.9 Å². The summed E-state index contributed by atoms with van der Waals surface area (Å²) < 4.78 is 2.07. The van der Waals surface area contributed by atoms with E-state index in [2.05, 4.69) is 48.1 Å². The van der Waals surface area contributed by atoms with E-state index in [1.807, 2.05) is 6.07 Å². The first-order valence-corrected chi connectivity index (χ1v) is 6.59. The van der Waals surface area contributed by atoms with Gasteiger partial charge in [-0.3, -0.25) is 0 Å². The molecule has 1 aromatic carbocycles. The molecule has 1 aliphatic rings. The van der Waals surface area contributed by atoms with Gasteiger partial charge in [0.05, 0.1) is 11.4 Å².